The van der Waals surface area contributed by atoms with Gasteiger partial charge in [0.15, 0.2) is 0 Å². The molecule has 6 N–H and O–H groups in total. The van der Waals surface area contributed by atoms with Gasteiger partial charge in [-0.1, -0.05) is 66.2 Å². The van der Waals surface area contributed by atoms with E-state index in [9.17, 15) is 19.5 Å². The second-order valence-corrected chi connectivity index (χ2v) is 13.6. The van der Waals surface area contributed by atoms with Crippen LogP contribution in [0.1, 0.15) is 35.1 Å². The molecule has 50 heavy (non-hydrogen) atoms. The van der Waals surface area contributed by atoms with Crippen molar-refractivity contribution in [3.8, 4) is 33.4 Å². The molecule has 3 atom stereocenters. The summed E-state index contributed by atoms with van der Waals surface area (Å²) in [6.45, 7) is 2.66. The molecule has 256 valence electrons. The summed E-state index contributed by atoms with van der Waals surface area (Å²) in [7, 11) is 0. The number of nitrogens with zero attached hydrogens (tertiary/aromatic N) is 2. The number of nitrogens with two attached hydrogens (primary N) is 1. The van der Waals surface area contributed by atoms with Gasteiger partial charge in [0.2, 0.25) is 11.8 Å². The summed E-state index contributed by atoms with van der Waals surface area (Å²) in [5.74, 6) is -0.280. The number of carbonyl (C=O) groups excluding carboxylic acids is 2. The van der Waals surface area contributed by atoms with Crippen LogP contribution < -0.4 is 27.2 Å². The van der Waals surface area contributed by atoms with Crippen molar-refractivity contribution in [3.05, 3.63) is 117 Å². The Balaban J connectivity index is 1.12. The normalized spacial score (nSPS) is 17.5. The van der Waals surface area contributed by atoms with E-state index in [1.165, 1.54) is 5.56 Å². The minimum absolute atomic E-state index is 0.0684. The molecule has 1 fully saturated rings. The van der Waals surface area contributed by atoms with Crippen LogP contribution in [0.25, 0.3) is 39.0 Å². The van der Waals surface area contributed by atoms with Gasteiger partial charge >= 0.3 is 0 Å². The summed E-state index contributed by atoms with van der Waals surface area (Å²) in [5, 5.41) is 19.0. The highest BCUT2D eigenvalue weighted by Gasteiger charge is 2.26. The molecular formula is C39H39ClN6O4. The number of aromatic nitrogens is 2. The molecule has 7 rings (SSSR count). The largest absolute Gasteiger partial charge is 0.394 e. The number of hydrogen-bond donors (Lipinski definition) is 5. The average molecular weight is 691 g/mol. The minimum Gasteiger partial charge on any atom is -0.394 e. The molecule has 0 spiro atoms. The zero-order valence-electron chi connectivity index (χ0n) is 27.7. The molecule has 3 heterocycles. The number of carbonyl (C=O) groups is 2. The van der Waals surface area contributed by atoms with Crippen molar-refractivity contribution >= 4 is 29.1 Å². The Labute approximate surface area is 294 Å². The van der Waals surface area contributed by atoms with Gasteiger partial charge in [0.1, 0.15) is 11.7 Å². The summed E-state index contributed by atoms with van der Waals surface area (Å²) in [4.78, 5) is 41.6. The lowest BCUT2D eigenvalue weighted by molar-refractivity contribution is -0.123. The SMILES string of the molecule is Cc1c(-c2ccn3c(=O)c(CNC[C@@H]4CCC(=O)N4)cnc3c2)cccc1-c1cccc(-c2ccc3c(c2)CC(NC(=O)[C@@H](N)CO)C3)c1Cl. The van der Waals surface area contributed by atoms with Gasteiger partial charge in [0, 0.05) is 60.7 Å². The highest BCUT2D eigenvalue weighted by molar-refractivity contribution is 6.36. The third kappa shape index (κ3) is 6.67. The van der Waals surface area contributed by atoms with Crippen molar-refractivity contribution in [2.75, 3.05) is 13.2 Å². The van der Waals surface area contributed by atoms with Gasteiger partial charge in [-0.25, -0.2) is 4.98 Å². The summed E-state index contributed by atoms with van der Waals surface area (Å²) >= 11 is 7.17. The molecule has 1 saturated heterocycles. The molecule has 1 unspecified atom stereocenters. The lowest BCUT2D eigenvalue weighted by Gasteiger charge is -2.16. The molecule has 1 aliphatic heterocycles. The van der Waals surface area contributed by atoms with Crippen molar-refractivity contribution in [2.24, 2.45) is 5.73 Å². The molecule has 2 amide bonds. The maximum Gasteiger partial charge on any atom is 0.262 e. The second kappa shape index (κ2) is 14.2. The van der Waals surface area contributed by atoms with Crippen molar-refractivity contribution in [2.45, 2.75) is 57.3 Å². The van der Waals surface area contributed by atoms with Crippen LogP contribution in [-0.4, -0.2) is 57.6 Å². The van der Waals surface area contributed by atoms with E-state index in [1.807, 2.05) is 36.4 Å². The van der Waals surface area contributed by atoms with Gasteiger partial charge < -0.3 is 26.8 Å². The van der Waals surface area contributed by atoms with Crippen LogP contribution in [0.4, 0.5) is 0 Å². The highest BCUT2D eigenvalue weighted by Crippen LogP contribution is 2.41. The Morgan fingerprint density at radius 3 is 2.54 bits per heavy atom. The van der Waals surface area contributed by atoms with E-state index < -0.39 is 12.6 Å². The number of fused-ring (bicyclic) bond motifs is 2. The van der Waals surface area contributed by atoms with Crippen molar-refractivity contribution in [3.63, 3.8) is 0 Å². The van der Waals surface area contributed by atoms with Gasteiger partial charge in [0.25, 0.3) is 5.56 Å². The predicted octanol–water partition coefficient (Wildman–Crippen LogP) is 3.93. The smallest absolute Gasteiger partial charge is 0.262 e. The molecule has 3 aromatic carbocycles. The first-order chi connectivity index (χ1) is 24.2. The van der Waals surface area contributed by atoms with Crippen molar-refractivity contribution in [1.29, 1.82) is 0 Å². The van der Waals surface area contributed by atoms with Crippen LogP contribution in [-0.2, 0) is 29.0 Å². The molecule has 11 heteroatoms. The number of aliphatic hydroxyl groups is 1. The van der Waals surface area contributed by atoms with Crippen molar-refractivity contribution < 1.29 is 14.7 Å². The maximum absolute atomic E-state index is 13.3. The molecule has 2 aromatic heterocycles. The lowest BCUT2D eigenvalue weighted by Crippen LogP contribution is -2.47. The maximum atomic E-state index is 13.3. The number of hydrogen-bond acceptors (Lipinski definition) is 7. The molecule has 0 bridgehead atoms. The van der Waals surface area contributed by atoms with E-state index in [-0.39, 0.29) is 29.5 Å². The summed E-state index contributed by atoms with van der Waals surface area (Å²) in [5.41, 5.74) is 15.8. The third-order valence-corrected chi connectivity index (χ3v) is 10.2. The lowest BCUT2D eigenvalue weighted by atomic mass is 9.91. The number of nitrogens with one attached hydrogen (secondary N) is 3. The molecule has 2 aliphatic rings. The van der Waals surface area contributed by atoms with Crippen molar-refractivity contribution in [1.82, 2.24) is 25.3 Å². The number of amides is 2. The molecule has 0 radical (unpaired) electrons. The number of rotatable bonds is 10. The number of halogens is 1. The summed E-state index contributed by atoms with van der Waals surface area (Å²) in [6.07, 6.45) is 6.12. The van der Waals surface area contributed by atoms with Gasteiger partial charge in [-0.15, -0.1) is 0 Å². The Morgan fingerprint density at radius 1 is 1.02 bits per heavy atom. The van der Waals surface area contributed by atoms with E-state index >= 15 is 0 Å². The Kier molecular flexibility index (Phi) is 9.52. The Morgan fingerprint density at radius 2 is 1.76 bits per heavy atom. The Bertz CT molecular complexity index is 2180. The van der Waals surface area contributed by atoms with E-state index in [2.05, 4.69) is 58.2 Å². The van der Waals surface area contributed by atoms with E-state index in [4.69, 9.17) is 17.3 Å². The topological polar surface area (TPSA) is 151 Å². The van der Waals surface area contributed by atoms with Gasteiger partial charge in [0.05, 0.1) is 11.6 Å². The third-order valence-electron chi connectivity index (χ3n) is 9.84. The van der Waals surface area contributed by atoms with Crippen LogP contribution in [0, 0.1) is 6.92 Å². The fraction of sp³-hybridized carbons (Fsp3) is 0.282. The number of aliphatic hydroxyl groups excluding tert-OH is 1. The summed E-state index contributed by atoms with van der Waals surface area (Å²) < 4.78 is 1.56. The quantitative estimate of drug-likeness (QED) is 0.149. The minimum atomic E-state index is -0.929. The Hall–Kier alpha value is -4.87. The fourth-order valence-corrected chi connectivity index (χ4v) is 7.43. The first kappa shape index (κ1) is 33.6. The molecule has 5 aromatic rings. The van der Waals surface area contributed by atoms with E-state index in [0.29, 0.717) is 48.6 Å². The second-order valence-electron chi connectivity index (χ2n) is 13.2. The molecule has 10 nitrogen and oxygen atoms in total. The monoisotopic (exact) mass is 690 g/mol. The number of benzene rings is 3. The molecule has 0 saturated carbocycles. The molecule has 1 aliphatic carbocycles. The first-order valence-electron chi connectivity index (χ1n) is 16.9. The zero-order chi connectivity index (χ0) is 34.9. The predicted molar refractivity (Wildman–Crippen MR) is 195 cm³/mol. The van der Waals surface area contributed by atoms with Gasteiger partial charge in [-0.3, -0.25) is 18.8 Å². The van der Waals surface area contributed by atoms with Crippen LogP contribution >= 0.6 is 11.6 Å². The number of pyridine rings is 1. The van der Waals surface area contributed by atoms with Crippen LogP contribution in [0.15, 0.2) is 83.9 Å². The van der Waals surface area contributed by atoms with Gasteiger partial charge in [-0.2, -0.15) is 0 Å². The standard InChI is InChI=1S/C39H39ClN6O4/c1-22-30(25-12-13-46-35(17-25)43-19-27(39(46)50)18-42-20-28-10-11-36(48)44-28)4-2-5-31(22)33-7-3-6-32(37(33)40)24-9-8-23-15-29(16-26(23)14-24)45-38(49)34(41)21-47/h2-9,12-14,17,19,28-29,34,42,47H,10-11,15-16,18,20-21,41H2,1H3,(H,44,48)(H,45,49)/t28-,29?,34-/m0/s1. The fourth-order valence-electron chi connectivity index (χ4n) is 7.10. The zero-order valence-corrected chi connectivity index (χ0v) is 28.5. The highest BCUT2D eigenvalue weighted by atomic mass is 35.5. The van der Waals surface area contributed by atoms with E-state index in [1.54, 1.807) is 16.8 Å². The van der Waals surface area contributed by atoms with Crippen LogP contribution in [0.3, 0.4) is 0 Å². The van der Waals surface area contributed by atoms with E-state index in [0.717, 1.165) is 50.9 Å². The molecular weight excluding hydrogens is 652 g/mol. The summed E-state index contributed by atoms with van der Waals surface area (Å²) in [6, 6.07) is 21.4. The first-order valence-corrected chi connectivity index (χ1v) is 17.3. The van der Waals surface area contributed by atoms with Gasteiger partial charge in [-0.05, 0) is 77.3 Å². The van der Waals surface area contributed by atoms with Crippen LogP contribution in [0.2, 0.25) is 5.02 Å². The van der Waals surface area contributed by atoms with Crippen LogP contribution in [0.5, 0.6) is 0 Å². The average Bonchev–Trinajstić information content (AvgIpc) is 3.73.